The van der Waals surface area contributed by atoms with Crippen molar-refractivity contribution in [3.8, 4) is 0 Å². The molecule has 1 amide bonds. The maximum absolute atomic E-state index is 11.9. The highest BCUT2D eigenvalue weighted by molar-refractivity contribution is 5.80. The van der Waals surface area contributed by atoms with Gasteiger partial charge in [-0.05, 0) is 25.8 Å². The lowest BCUT2D eigenvalue weighted by Crippen LogP contribution is -2.45. The highest BCUT2D eigenvalue weighted by Gasteiger charge is 2.34. The average Bonchev–Trinajstić information content (AvgIpc) is 2.65. The van der Waals surface area contributed by atoms with E-state index in [1.165, 1.54) is 0 Å². The molecule has 1 aliphatic heterocycles. The molecule has 0 radical (unpaired) electrons. The van der Waals surface area contributed by atoms with E-state index in [4.69, 9.17) is 5.73 Å². The zero-order valence-electron chi connectivity index (χ0n) is 9.92. The van der Waals surface area contributed by atoms with Crippen molar-refractivity contribution in [3.63, 3.8) is 0 Å². The maximum atomic E-state index is 11.9. The molecule has 3 atom stereocenters. The minimum atomic E-state index is 0.0749. The Morgan fingerprint density at radius 1 is 1.53 bits per heavy atom. The second kappa shape index (κ2) is 5.47. The third-order valence-corrected chi connectivity index (χ3v) is 3.07. The second-order valence-electron chi connectivity index (χ2n) is 4.76. The fraction of sp³-hybridized carbons (Fsp3) is 0.909. The monoisotopic (exact) mass is 213 g/mol. The molecule has 1 rings (SSSR count). The third-order valence-electron chi connectivity index (χ3n) is 3.07. The van der Waals surface area contributed by atoms with Crippen LogP contribution >= 0.6 is 0 Å². The summed E-state index contributed by atoms with van der Waals surface area (Å²) in [6.07, 6.45) is 0.936. The van der Waals surface area contributed by atoms with Crippen LogP contribution < -0.4 is 16.4 Å². The first-order chi connectivity index (χ1) is 7.06. The molecule has 88 valence electrons. The summed E-state index contributed by atoms with van der Waals surface area (Å²) < 4.78 is 0. The minimum Gasteiger partial charge on any atom is -0.352 e. The molecule has 0 aromatic heterocycles. The van der Waals surface area contributed by atoms with Gasteiger partial charge in [0.15, 0.2) is 0 Å². The van der Waals surface area contributed by atoms with Gasteiger partial charge < -0.3 is 16.4 Å². The molecule has 4 heteroatoms. The number of rotatable bonds is 4. The summed E-state index contributed by atoms with van der Waals surface area (Å²) in [5.41, 5.74) is 5.48. The Kier molecular flexibility index (Phi) is 4.54. The Bertz CT molecular complexity index is 218. The SMILES string of the molecule is CC(C)C1NCCC1C(=O)N[C@H](C)CN. The van der Waals surface area contributed by atoms with Crippen LogP contribution in [-0.2, 0) is 4.79 Å². The average molecular weight is 213 g/mol. The maximum Gasteiger partial charge on any atom is 0.224 e. The zero-order chi connectivity index (χ0) is 11.4. The Balaban J connectivity index is 2.51. The van der Waals surface area contributed by atoms with E-state index in [0.717, 1.165) is 13.0 Å². The number of nitrogens with two attached hydrogens (primary N) is 1. The summed E-state index contributed by atoms with van der Waals surface area (Å²) >= 11 is 0. The van der Waals surface area contributed by atoms with E-state index in [-0.39, 0.29) is 17.9 Å². The predicted molar refractivity (Wildman–Crippen MR) is 61.4 cm³/mol. The molecule has 4 N–H and O–H groups in total. The van der Waals surface area contributed by atoms with Gasteiger partial charge in [0, 0.05) is 18.6 Å². The molecule has 0 saturated carbocycles. The second-order valence-corrected chi connectivity index (χ2v) is 4.76. The lowest BCUT2D eigenvalue weighted by atomic mass is 9.91. The number of carbonyl (C=O) groups is 1. The highest BCUT2D eigenvalue weighted by atomic mass is 16.2. The molecule has 0 aliphatic carbocycles. The van der Waals surface area contributed by atoms with Crippen LogP contribution in [0.25, 0.3) is 0 Å². The smallest absolute Gasteiger partial charge is 0.224 e. The Morgan fingerprint density at radius 2 is 2.20 bits per heavy atom. The van der Waals surface area contributed by atoms with Crippen molar-refractivity contribution < 1.29 is 4.79 Å². The van der Waals surface area contributed by atoms with Crippen LogP contribution in [0, 0.1) is 11.8 Å². The summed E-state index contributed by atoms with van der Waals surface area (Å²) in [5.74, 6) is 0.757. The van der Waals surface area contributed by atoms with Crippen molar-refractivity contribution in [2.45, 2.75) is 39.3 Å². The van der Waals surface area contributed by atoms with Gasteiger partial charge in [0.25, 0.3) is 0 Å². The molecule has 15 heavy (non-hydrogen) atoms. The van der Waals surface area contributed by atoms with Gasteiger partial charge in [0.1, 0.15) is 0 Å². The summed E-state index contributed by atoms with van der Waals surface area (Å²) in [4.78, 5) is 11.9. The van der Waals surface area contributed by atoms with E-state index in [1.807, 2.05) is 6.92 Å². The minimum absolute atomic E-state index is 0.0749. The van der Waals surface area contributed by atoms with Crippen LogP contribution in [-0.4, -0.2) is 31.1 Å². The number of hydrogen-bond donors (Lipinski definition) is 3. The van der Waals surface area contributed by atoms with Gasteiger partial charge in [0.2, 0.25) is 5.91 Å². The lowest BCUT2D eigenvalue weighted by molar-refractivity contribution is -0.126. The van der Waals surface area contributed by atoms with Crippen molar-refractivity contribution in [1.29, 1.82) is 0 Å². The molecule has 0 spiro atoms. The molecular formula is C11H23N3O. The number of nitrogens with one attached hydrogen (secondary N) is 2. The molecule has 0 aromatic carbocycles. The van der Waals surface area contributed by atoms with Crippen molar-refractivity contribution in [2.75, 3.05) is 13.1 Å². The van der Waals surface area contributed by atoms with E-state index < -0.39 is 0 Å². The van der Waals surface area contributed by atoms with E-state index in [2.05, 4.69) is 24.5 Å². The van der Waals surface area contributed by atoms with E-state index in [9.17, 15) is 4.79 Å². The van der Waals surface area contributed by atoms with Gasteiger partial charge in [0.05, 0.1) is 5.92 Å². The first kappa shape index (κ1) is 12.5. The lowest BCUT2D eigenvalue weighted by Gasteiger charge is -2.23. The molecule has 0 aromatic rings. The van der Waals surface area contributed by atoms with Crippen LogP contribution in [0.4, 0.5) is 0 Å². The number of carbonyl (C=O) groups excluding carboxylic acids is 1. The largest absolute Gasteiger partial charge is 0.352 e. The van der Waals surface area contributed by atoms with Gasteiger partial charge >= 0.3 is 0 Å². The number of hydrogen-bond acceptors (Lipinski definition) is 3. The molecule has 4 nitrogen and oxygen atoms in total. The highest BCUT2D eigenvalue weighted by Crippen LogP contribution is 2.21. The standard InChI is InChI=1S/C11H23N3O/c1-7(2)10-9(4-5-13-10)11(15)14-8(3)6-12/h7-10,13H,4-6,12H2,1-3H3,(H,14,15)/t8-,9?,10?/m1/s1. The molecule has 2 unspecified atom stereocenters. The molecule has 1 fully saturated rings. The van der Waals surface area contributed by atoms with Gasteiger partial charge in [-0.3, -0.25) is 4.79 Å². The number of amides is 1. The summed E-state index contributed by atoms with van der Waals surface area (Å²) in [7, 11) is 0. The van der Waals surface area contributed by atoms with Crippen LogP contribution in [0.15, 0.2) is 0 Å². The van der Waals surface area contributed by atoms with Crippen molar-refractivity contribution in [3.05, 3.63) is 0 Å². The van der Waals surface area contributed by atoms with Crippen LogP contribution in [0.5, 0.6) is 0 Å². The zero-order valence-corrected chi connectivity index (χ0v) is 9.92. The van der Waals surface area contributed by atoms with Gasteiger partial charge in [-0.15, -0.1) is 0 Å². The first-order valence-electron chi connectivity index (χ1n) is 5.80. The molecule has 1 heterocycles. The van der Waals surface area contributed by atoms with Crippen LogP contribution in [0.1, 0.15) is 27.2 Å². The van der Waals surface area contributed by atoms with E-state index in [1.54, 1.807) is 0 Å². The van der Waals surface area contributed by atoms with Crippen molar-refractivity contribution in [2.24, 2.45) is 17.6 Å². The fourth-order valence-corrected chi connectivity index (χ4v) is 2.13. The van der Waals surface area contributed by atoms with Gasteiger partial charge in [-0.2, -0.15) is 0 Å². The predicted octanol–water partition coefficient (Wildman–Crippen LogP) is 0.0839. The Hall–Kier alpha value is -0.610. The molecule has 1 aliphatic rings. The topological polar surface area (TPSA) is 67.2 Å². The van der Waals surface area contributed by atoms with Crippen LogP contribution in [0.3, 0.4) is 0 Å². The fourth-order valence-electron chi connectivity index (χ4n) is 2.13. The normalized spacial score (nSPS) is 28.1. The Labute approximate surface area is 92.0 Å². The molecule has 0 bridgehead atoms. The summed E-state index contributed by atoms with van der Waals surface area (Å²) in [6.45, 7) is 7.67. The third kappa shape index (κ3) is 3.18. The van der Waals surface area contributed by atoms with E-state index in [0.29, 0.717) is 18.5 Å². The van der Waals surface area contributed by atoms with Crippen LogP contribution in [0.2, 0.25) is 0 Å². The first-order valence-corrected chi connectivity index (χ1v) is 5.80. The quantitative estimate of drug-likeness (QED) is 0.620. The Morgan fingerprint density at radius 3 is 2.73 bits per heavy atom. The van der Waals surface area contributed by atoms with Gasteiger partial charge in [-0.25, -0.2) is 0 Å². The molecule has 1 saturated heterocycles. The van der Waals surface area contributed by atoms with Crippen molar-refractivity contribution >= 4 is 5.91 Å². The molecular weight excluding hydrogens is 190 g/mol. The summed E-state index contributed by atoms with van der Waals surface area (Å²) in [6, 6.07) is 0.390. The summed E-state index contributed by atoms with van der Waals surface area (Å²) in [5, 5.41) is 6.34. The van der Waals surface area contributed by atoms with Crippen molar-refractivity contribution in [1.82, 2.24) is 10.6 Å². The van der Waals surface area contributed by atoms with E-state index >= 15 is 0 Å². The van der Waals surface area contributed by atoms with Gasteiger partial charge in [-0.1, -0.05) is 13.8 Å².